The SMILES string of the molecule is Cl.O=C(CN1CCC(C(=O)O)C1)NCCc1cccc(Cl)c1Cl. The number of nitrogens with one attached hydrogen (secondary N) is 1. The molecule has 1 saturated heterocycles. The minimum atomic E-state index is -0.793. The Bertz CT molecular complexity index is 569. The Balaban J connectivity index is 0.00000264. The number of nitrogens with zero attached hydrogens (tertiary/aromatic N) is 1. The molecule has 0 bridgehead atoms. The molecule has 1 atom stereocenters. The molecule has 1 heterocycles. The zero-order chi connectivity index (χ0) is 16.1. The number of likely N-dealkylation sites (tertiary alicyclic amines) is 1. The van der Waals surface area contributed by atoms with Crippen molar-refractivity contribution in [1.29, 1.82) is 0 Å². The van der Waals surface area contributed by atoms with Crippen molar-refractivity contribution in [3.05, 3.63) is 33.8 Å². The maximum atomic E-state index is 11.9. The van der Waals surface area contributed by atoms with Gasteiger partial charge in [0.15, 0.2) is 0 Å². The van der Waals surface area contributed by atoms with Crippen molar-refractivity contribution in [3.63, 3.8) is 0 Å². The van der Waals surface area contributed by atoms with Crippen molar-refractivity contribution >= 4 is 47.5 Å². The monoisotopic (exact) mass is 380 g/mol. The summed E-state index contributed by atoms with van der Waals surface area (Å²) in [7, 11) is 0. The van der Waals surface area contributed by atoms with E-state index in [1.165, 1.54) is 0 Å². The molecule has 1 aromatic carbocycles. The molecule has 1 aliphatic heterocycles. The van der Waals surface area contributed by atoms with E-state index in [1.54, 1.807) is 6.07 Å². The fraction of sp³-hybridized carbons (Fsp3) is 0.467. The molecule has 23 heavy (non-hydrogen) atoms. The second-order valence-corrected chi connectivity index (χ2v) is 6.16. The van der Waals surface area contributed by atoms with Crippen LogP contribution in [0.3, 0.4) is 0 Å². The summed E-state index contributed by atoms with van der Waals surface area (Å²) >= 11 is 12.0. The van der Waals surface area contributed by atoms with Crippen LogP contribution in [-0.4, -0.2) is 48.1 Å². The van der Waals surface area contributed by atoms with Crippen molar-refractivity contribution in [2.24, 2.45) is 5.92 Å². The molecule has 2 N–H and O–H groups in total. The average molecular weight is 382 g/mol. The van der Waals surface area contributed by atoms with E-state index in [1.807, 2.05) is 17.0 Å². The zero-order valence-corrected chi connectivity index (χ0v) is 14.8. The highest BCUT2D eigenvalue weighted by Gasteiger charge is 2.28. The summed E-state index contributed by atoms with van der Waals surface area (Å²) in [5.74, 6) is -1.26. The average Bonchev–Trinajstić information content (AvgIpc) is 2.92. The highest BCUT2D eigenvalue weighted by molar-refractivity contribution is 6.42. The molecule has 1 aromatic rings. The topological polar surface area (TPSA) is 69.6 Å². The van der Waals surface area contributed by atoms with Gasteiger partial charge in [0, 0.05) is 13.1 Å². The van der Waals surface area contributed by atoms with Crippen molar-refractivity contribution in [3.8, 4) is 0 Å². The predicted molar refractivity (Wildman–Crippen MR) is 92.6 cm³/mol. The van der Waals surface area contributed by atoms with Crippen molar-refractivity contribution in [2.75, 3.05) is 26.2 Å². The van der Waals surface area contributed by atoms with Crippen LogP contribution < -0.4 is 5.32 Å². The smallest absolute Gasteiger partial charge is 0.307 e. The van der Waals surface area contributed by atoms with E-state index in [4.69, 9.17) is 28.3 Å². The third kappa shape index (κ3) is 5.84. The molecule has 8 heteroatoms. The lowest BCUT2D eigenvalue weighted by atomic mass is 10.1. The van der Waals surface area contributed by atoms with Crippen LogP contribution in [-0.2, 0) is 16.0 Å². The molecule has 128 valence electrons. The lowest BCUT2D eigenvalue weighted by Gasteiger charge is -2.15. The number of rotatable bonds is 6. The maximum Gasteiger partial charge on any atom is 0.307 e. The van der Waals surface area contributed by atoms with Gasteiger partial charge in [-0.1, -0.05) is 35.3 Å². The summed E-state index contributed by atoms with van der Waals surface area (Å²) in [6.45, 7) is 1.77. The molecule has 2 rings (SSSR count). The highest BCUT2D eigenvalue weighted by Crippen LogP contribution is 2.25. The second kappa shape index (κ2) is 9.33. The Hall–Kier alpha value is -1.01. The van der Waals surface area contributed by atoms with Crippen LogP contribution in [0.15, 0.2) is 18.2 Å². The standard InChI is InChI=1S/C15H18Cl2N2O3.ClH/c16-12-3-1-2-10(14(12)17)4-6-18-13(20)9-19-7-5-11(8-19)15(21)22;/h1-3,11H,4-9H2,(H,18,20)(H,21,22);1H. The van der Waals surface area contributed by atoms with Crippen molar-refractivity contribution in [2.45, 2.75) is 12.8 Å². The Kier molecular flexibility index (Phi) is 8.12. The van der Waals surface area contributed by atoms with Crippen LogP contribution in [0.1, 0.15) is 12.0 Å². The first-order valence-electron chi connectivity index (χ1n) is 7.12. The summed E-state index contributed by atoms with van der Waals surface area (Å²) in [6, 6.07) is 5.41. The van der Waals surface area contributed by atoms with Crippen LogP contribution in [0.5, 0.6) is 0 Å². The number of carbonyl (C=O) groups excluding carboxylic acids is 1. The molecule has 0 saturated carbocycles. The van der Waals surface area contributed by atoms with E-state index in [0.29, 0.717) is 42.5 Å². The normalized spacial score (nSPS) is 17.6. The summed E-state index contributed by atoms with van der Waals surface area (Å²) in [5.41, 5.74) is 0.890. The number of halogens is 3. The van der Waals surface area contributed by atoms with Crippen molar-refractivity contribution < 1.29 is 14.7 Å². The lowest BCUT2D eigenvalue weighted by molar-refractivity contribution is -0.141. The van der Waals surface area contributed by atoms with Crippen LogP contribution in [0.2, 0.25) is 10.0 Å². The summed E-state index contributed by atoms with van der Waals surface area (Å²) in [4.78, 5) is 24.6. The molecule has 0 aliphatic carbocycles. The van der Waals surface area contributed by atoms with Gasteiger partial charge < -0.3 is 10.4 Å². The van der Waals surface area contributed by atoms with Crippen LogP contribution in [0.4, 0.5) is 0 Å². The van der Waals surface area contributed by atoms with Crippen LogP contribution >= 0.6 is 35.6 Å². The quantitative estimate of drug-likeness (QED) is 0.794. The lowest BCUT2D eigenvalue weighted by Crippen LogP contribution is -2.37. The van der Waals surface area contributed by atoms with Gasteiger partial charge in [0.05, 0.1) is 22.5 Å². The Labute approximate surface area is 151 Å². The fourth-order valence-electron chi connectivity index (χ4n) is 2.51. The number of hydrogen-bond donors (Lipinski definition) is 2. The fourth-order valence-corrected chi connectivity index (χ4v) is 2.93. The third-order valence-electron chi connectivity index (χ3n) is 3.74. The molecule has 0 spiro atoms. The number of carboxylic acids is 1. The van der Waals surface area contributed by atoms with E-state index >= 15 is 0 Å². The molecule has 1 amide bonds. The Morgan fingerprint density at radius 3 is 2.74 bits per heavy atom. The second-order valence-electron chi connectivity index (χ2n) is 5.37. The molecular weight excluding hydrogens is 363 g/mol. The van der Waals surface area contributed by atoms with Crippen LogP contribution in [0, 0.1) is 5.92 Å². The van der Waals surface area contributed by atoms with Gasteiger partial charge in [-0.05, 0) is 31.0 Å². The van der Waals surface area contributed by atoms with E-state index < -0.39 is 5.97 Å². The van der Waals surface area contributed by atoms with E-state index in [2.05, 4.69) is 5.32 Å². The van der Waals surface area contributed by atoms with Gasteiger partial charge in [0.25, 0.3) is 0 Å². The van der Waals surface area contributed by atoms with Gasteiger partial charge in [0.1, 0.15) is 0 Å². The van der Waals surface area contributed by atoms with Gasteiger partial charge in [-0.25, -0.2) is 0 Å². The van der Waals surface area contributed by atoms with Gasteiger partial charge in [0.2, 0.25) is 5.91 Å². The summed E-state index contributed by atoms with van der Waals surface area (Å²) in [6.07, 6.45) is 1.20. The minimum absolute atomic E-state index is 0. The van der Waals surface area contributed by atoms with Gasteiger partial charge in [-0.15, -0.1) is 12.4 Å². The first-order valence-corrected chi connectivity index (χ1v) is 7.87. The Morgan fingerprint density at radius 1 is 1.35 bits per heavy atom. The Morgan fingerprint density at radius 2 is 2.09 bits per heavy atom. The molecule has 0 aromatic heterocycles. The predicted octanol–water partition coefficient (Wildman–Crippen LogP) is 2.48. The highest BCUT2D eigenvalue weighted by atomic mass is 35.5. The third-order valence-corrected chi connectivity index (χ3v) is 4.59. The minimum Gasteiger partial charge on any atom is -0.481 e. The molecule has 5 nitrogen and oxygen atoms in total. The molecule has 1 aliphatic rings. The number of amides is 1. The number of hydrogen-bond acceptors (Lipinski definition) is 3. The van der Waals surface area contributed by atoms with Gasteiger partial charge in [-0.2, -0.15) is 0 Å². The van der Waals surface area contributed by atoms with E-state index in [-0.39, 0.29) is 30.8 Å². The van der Waals surface area contributed by atoms with Crippen LogP contribution in [0.25, 0.3) is 0 Å². The molecule has 1 fully saturated rings. The first-order chi connectivity index (χ1) is 10.5. The molecular formula is C15H19Cl3N2O3. The number of carboxylic acid groups (broad SMARTS) is 1. The van der Waals surface area contributed by atoms with Crippen molar-refractivity contribution in [1.82, 2.24) is 10.2 Å². The number of carbonyl (C=O) groups is 2. The van der Waals surface area contributed by atoms with E-state index in [9.17, 15) is 9.59 Å². The first kappa shape index (κ1) is 20.0. The van der Waals surface area contributed by atoms with Gasteiger partial charge in [-0.3, -0.25) is 14.5 Å². The number of aliphatic carboxylic acids is 1. The summed E-state index contributed by atoms with van der Waals surface area (Å²) in [5, 5.41) is 12.8. The zero-order valence-electron chi connectivity index (χ0n) is 12.4. The maximum absolute atomic E-state index is 11.9. The van der Waals surface area contributed by atoms with E-state index in [0.717, 1.165) is 5.56 Å². The largest absolute Gasteiger partial charge is 0.481 e. The molecule has 1 unspecified atom stereocenters. The van der Waals surface area contributed by atoms with Gasteiger partial charge >= 0.3 is 5.97 Å². The summed E-state index contributed by atoms with van der Waals surface area (Å²) < 4.78 is 0. The number of benzene rings is 1. The molecule has 0 radical (unpaired) electrons.